The number of hydrogen-bond donors (Lipinski definition) is 0. The fraction of sp³-hybridized carbons (Fsp3) is 0.900. The summed E-state index contributed by atoms with van der Waals surface area (Å²) in [5.74, 6) is 0.999. The zero-order valence-electron chi connectivity index (χ0n) is 7.86. The van der Waals surface area contributed by atoms with E-state index in [1.807, 2.05) is 0 Å². The maximum Gasteiger partial charge on any atom is 0.153 e. The molecule has 0 amide bonds. The van der Waals surface area contributed by atoms with Gasteiger partial charge in [0.25, 0.3) is 0 Å². The Balaban J connectivity index is 2.50. The normalized spacial score (nSPS) is 50.2. The van der Waals surface area contributed by atoms with Crippen molar-refractivity contribution in [2.45, 2.75) is 38.4 Å². The molecule has 2 fully saturated rings. The van der Waals surface area contributed by atoms with E-state index in [0.717, 1.165) is 6.42 Å². The molecule has 2 rings (SSSR count). The lowest BCUT2D eigenvalue weighted by atomic mass is 9.70. The average Bonchev–Trinajstić information content (AvgIpc) is 2.26. The Bertz CT molecular complexity index is 246. The van der Waals surface area contributed by atoms with Crippen LogP contribution in [-0.2, 0) is 4.79 Å². The molecule has 0 aromatic rings. The summed E-state index contributed by atoms with van der Waals surface area (Å²) in [4.78, 5) is 12.0. The van der Waals surface area contributed by atoms with Gasteiger partial charge in [0.05, 0.1) is 4.83 Å². The van der Waals surface area contributed by atoms with Crippen LogP contribution in [0.5, 0.6) is 0 Å². The Morgan fingerprint density at radius 2 is 2.00 bits per heavy atom. The summed E-state index contributed by atoms with van der Waals surface area (Å²) in [6, 6.07) is 0. The summed E-state index contributed by atoms with van der Waals surface area (Å²) >= 11 is 3.52. The van der Waals surface area contributed by atoms with Crippen LogP contribution in [0.2, 0.25) is 0 Å². The predicted molar refractivity (Wildman–Crippen MR) is 52.3 cm³/mol. The van der Waals surface area contributed by atoms with Gasteiger partial charge in [-0.2, -0.15) is 0 Å². The average molecular weight is 231 g/mol. The predicted octanol–water partition coefficient (Wildman–Crippen LogP) is 2.78. The second-order valence-corrected chi connectivity index (χ2v) is 5.95. The number of halogens is 1. The second-order valence-electron chi connectivity index (χ2n) is 4.96. The molecule has 0 radical (unpaired) electrons. The lowest BCUT2D eigenvalue weighted by molar-refractivity contribution is -0.127. The number of Topliss-reactive ketones (excluding diaryl/α,β-unsaturated/α-hetero) is 1. The van der Waals surface area contributed by atoms with Crippen LogP contribution in [0.4, 0.5) is 0 Å². The maximum atomic E-state index is 11.9. The number of ketones is 1. The topological polar surface area (TPSA) is 17.1 Å². The van der Waals surface area contributed by atoms with Gasteiger partial charge < -0.3 is 0 Å². The first-order chi connectivity index (χ1) is 5.41. The van der Waals surface area contributed by atoms with Gasteiger partial charge in [0, 0.05) is 5.41 Å². The highest BCUT2D eigenvalue weighted by Crippen LogP contribution is 2.65. The first kappa shape index (κ1) is 8.74. The molecule has 2 heteroatoms. The van der Waals surface area contributed by atoms with E-state index in [2.05, 4.69) is 36.7 Å². The van der Waals surface area contributed by atoms with E-state index in [-0.39, 0.29) is 15.7 Å². The number of carbonyl (C=O) groups is 1. The maximum absolute atomic E-state index is 11.9. The summed E-state index contributed by atoms with van der Waals surface area (Å²) in [5, 5.41) is 0. The Morgan fingerprint density at radius 3 is 2.25 bits per heavy atom. The molecule has 3 atom stereocenters. The van der Waals surface area contributed by atoms with Crippen LogP contribution in [0.15, 0.2) is 0 Å². The van der Waals surface area contributed by atoms with E-state index in [1.54, 1.807) is 0 Å². The van der Waals surface area contributed by atoms with Crippen molar-refractivity contribution in [2.24, 2.45) is 16.7 Å². The largest absolute Gasteiger partial charge is 0.298 e. The molecule has 12 heavy (non-hydrogen) atoms. The molecule has 0 N–H and O–H groups in total. The quantitative estimate of drug-likeness (QED) is 0.586. The van der Waals surface area contributed by atoms with Gasteiger partial charge in [0.1, 0.15) is 0 Å². The van der Waals surface area contributed by atoms with Crippen LogP contribution in [0.3, 0.4) is 0 Å². The van der Waals surface area contributed by atoms with E-state index in [4.69, 9.17) is 0 Å². The first-order valence-corrected chi connectivity index (χ1v) is 5.51. The highest BCUT2D eigenvalue weighted by molar-refractivity contribution is 9.10. The molecule has 2 unspecified atom stereocenters. The van der Waals surface area contributed by atoms with Crippen molar-refractivity contribution in [1.29, 1.82) is 0 Å². The second kappa shape index (κ2) is 2.14. The third-order valence-electron chi connectivity index (χ3n) is 4.45. The molecule has 2 aliphatic carbocycles. The summed E-state index contributed by atoms with van der Waals surface area (Å²) < 4.78 is 0. The van der Waals surface area contributed by atoms with E-state index in [9.17, 15) is 4.79 Å². The van der Waals surface area contributed by atoms with Crippen molar-refractivity contribution in [3.63, 3.8) is 0 Å². The highest BCUT2D eigenvalue weighted by atomic mass is 79.9. The van der Waals surface area contributed by atoms with E-state index >= 15 is 0 Å². The molecule has 0 aliphatic heterocycles. The van der Waals surface area contributed by atoms with Crippen molar-refractivity contribution in [2.75, 3.05) is 0 Å². The fourth-order valence-electron chi connectivity index (χ4n) is 2.98. The van der Waals surface area contributed by atoms with Crippen LogP contribution in [0.25, 0.3) is 0 Å². The number of alkyl halides is 1. The van der Waals surface area contributed by atoms with Gasteiger partial charge >= 0.3 is 0 Å². The van der Waals surface area contributed by atoms with Crippen LogP contribution in [-0.4, -0.2) is 10.6 Å². The first-order valence-electron chi connectivity index (χ1n) is 4.59. The standard InChI is InChI=1S/C10H15BrO/c1-9(2)6-4-5-10(9,3)8(12)7(6)11/h6-7H,4-5H2,1-3H3/t6?,7-,10?/m1/s1. The minimum Gasteiger partial charge on any atom is -0.298 e. The minimum atomic E-state index is -0.0498. The molecule has 0 aromatic heterocycles. The SMILES string of the molecule is CC12CCC([C@@H](Br)C1=O)C2(C)C. The summed E-state index contributed by atoms with van der Waals surface area (Å²) in [7, 11) is 0. The highest BCUT2D eigenvalue weighted by Gasteiger charge is 2.65. The van der Waals surface area contributed by atoms with Crippen molar-refractivity contribution in [1.82, 2.24) is 0 Å². The number of hydrogen-bond acceptors (Lipinski definition) is 1. The summed E-state index contributed by atoms with van der Waals surface area (Å²) in [5.41, 5.74) is 0.157. The number of rotatable bonds is 0. The van der Waals surface area contributed by atoms with Crippen molar-refractivity contribution in [3.8, 4) is 0 Å². The van der Waals surface area contributed by atoms with E-state index in [0.29, 0.717) is 11.7 Å². The third kappa shape index (κ3) is 0.688. The van der Waals surface area contributed by atoms with Crippen molar-refractivity contribution in [3.05, 3.63) is 0 Å². The molecule has 1 nitrogen and oxygen atoms in total. The number of fused-ring (bicyclic) bond motifs is 2. The molecule has 2 saturated carbocycles. The molecule has 0 heterocycles. The Kier molecular flexibility index (Phi) is 1.56. The van der Waals surface area contributed by atoms with Gasteiger partial charge in [0.2, 0.25) is 0 Å². The third-order valence-corrected chi connectivity index (χ3v) is 5.51. The van der Waals surface area contributed by atoms with Crippen molar-refractivity contribution >= 4 is 21.7 Å². The van der Waals surface area contributed by atoms with Gasteiger partial charge in [0.15, 0.2) is 5.78 Å². The molecule has 68 valence electrons. The Hall–Kier alpha value is 0.150. The molecule has 2 bridgehead atoms. The smallest absolute Gasteiger partial charge is 0.153 e. The van der Waals surface area contributed by atoms with Gasteiger partial charge in [-0.15, -0.1) is 0 Å². The molecular weight excluding hydrogens is 216 g/mol. The van der Waals surface area contributed by atoms with E-state index < -0.39 is 0 Å². The summed E-state index contributed by atoms with van der Waals surface area (Å²) in [6.45, 7) is 6.62. The molecule has 0 aromatic carbocycles. The summed E-state index contributed by atoms with van der Waals surface area (Å²) in [6.07, 6.45) is 2.30. The van der Waals surface area contributed by atoms with Gasteiger partial charge in [-0.3, -0.25) is 4.79 Å². The lowest BCUT2D eigenvalue weighted by Crippen LogP contribution is -2.33. The van der Waals surface area contributed by atoms with Crippen molar-refractivity contribution < 1.29 is 4.79 Å². The molecule has 2 aliphatic rings. The Labute approximate surface area is 82.0 Å². The fourth-order valence-corrected chi connectivity index (χ4v) is 4.41. The van der Waals surface area contributed by atoms with Crippen LogP contribution < -0.4 is 0 Å². The molecular formula is C10H15BrO. The monoisotopic (exact) mass is 230 g/mol. The van der Waals surface area contributed by atoms with E-state index in [1.165, 1.54) is 6.42 Å². The minimum absolute atomic E-state index is 0.0498. The molecule has 0 saturated heterocycles. The van der Waals surface area contributed by atoms with Crippen LogP contribution in [0.1, 0.15) is 33.6 Å². The number of carbonyl (C=O) groups excluding carboxylic acids is 1. The van der Waals surface area contributed by atoms with Gasteiger partial charge in [-0.25, -0.2) is 0 Å². The van der Waals surface area contributed by atoms with Crippen LogP contribution in [0, 0.1) is 16.7 Å². The Morgan fingerprint density at radius 1 is 1.42 bits per heavy atom. The lowest BCUT2D eigenvalue weighted by Gasteiger charge is -2.32. The van der Waals surface area contributed by atoms with Crippen LogP contribution >= 0.6 is 15.9 Å². The zero-order valence-corrected chi connectivity index (χ0v) is 9.44. The van der Waals surface area contributed by atoms with Gasteiger partial charge in [-0.05, 0) is 24.2 Å². The zero-order chi connectivity index (χ0) is 9.15. The molecule has 0 spiro atoms. The van der Waals surface area contributed by atoms with Gasteiger partial charge in [-0.1, -0.05) is 36.7 Å².